The van der Waals surface area contributed by atoms with Crippen LogP contribution in [0.5, 0.6) is 0 Å². The molecule has 0 bridgehead atoms. The van der Waals surface area contributed by atoms with Crippen molar-refractivity contribution in [1.82, 2.24) is 0 Å². The molecule has 1 aliphatic rings. The van der Waals surface area contributed by atoms with Crippen LogP contribution in [0.25, 0.3) is 0 Å². The summed E-state index contributed by atoms with van der Waals surface area (Å²) in [6, 6.07) is 6.69. The molecule has 0 fully saturated rings. The summed E-state index contributed by atoms with van der Waals surface area (Å²) in [5.41, 5.74) is 7.34. The predicted molar refractivity (Wildman–Crippen MR) is 64.1 cm³/mol. The van der Waals surface area contributed by atoms with Crippen LogP contribution in [0.3, 0.4) is 0 Å². The van der Waals surface area contributed by atoms with Gasteiger partial charge < -0.3 is 5.73 Å². The van der Waals surface area contributed by atoms with Crippen LogP contribution in [0, 0.1) is 11.3 Å². The van der Waals surface area contributed by atoms with Crippen molar-refractivity contribution >= 4 is 9.84 Å². The van der Waals surface area contributed by atoms with Gasteiger partial charge in [-0.25, -0.2) is 8.42 Å². The predicted octanol–water partition coefficient (Wildman–Crippen LogP) is 0.800. The maximum atomic E-state index is 11.8. The second-order valence-corrected chi connectivity index (χ2v) is 6.38. The first-order valence-corrected chi connectivity index (χ1v) is 7.18. The van der Waals surface area contributed by atoms with Gasteiger partial charge in [-0.05, 0) is 30.0 Å². The minimum Gasteiger partial charge on any atom is -0.316 e. The molecule has 0 spiro atoms. The van der Waals surface area contributed by atoms with Crippen molar-refractivity contribution in [2.45, 2.75) is 30.2 Å². The van der Waals surface area contributed by atoms with Crippen LogP contribution in [0.4, 0.5) is 0 Å². The van der Waals surface area contributed by atoms with Gasteiger partial charge in [-0.2, -0.15) is 5.26 Å². The largest absolute Gasteiger partial charge is 0.316 e. The average Bonchev–Trinajstić information content (AvgIpc) is 2.28. The highest BCUT2D eigenvalue weighted by Crippen LogP contribution is 2.26. The van der Waals surface area contributed by atoms with Gasteiger partial charge in [0, 0.05) is 6.42 Å². The van der Waals surface area contributed by atoms with Gasteiger partial charge in [0.1, 0.15) is 0 Å². The smallest absolute Gasteiger partial charge is 0.178 e. The highest BCUT2D eigenvalue weighted by molar-refractivity contribution is 7.91. The lowest BCUT2D eigenvalue weighted by molar-refractivity contribution is 0.586. The van der Waals surface area contributed by atoms with Crippen LogP contribution in [0.1, 0.15) is 17.5 Å². The van der Waals surface area contributed by atoms with Gasteiger partial charge in [-0.15, -0.1) is 0 Å². The monoisotopic (exact) mass is 250 g/mol. The third-order valence-corrected chi connectivity index (χ3v) is 4.84. The molecule has 0 amide bonds. The van der Waals surface area contributed by atoms with E-state index >= 15 is 0 Å². The van der Waals surface area contributed by atoms with E-state index in [-0.39, 0.29) is 5.75 Å². The Balaban J connectivity index is 2.36. The molecule has 17 heavy (non-hydrogen) atoms. The van der Waals surface area contributed by atoms with E-state index in [1.165, 1.54) is 0 Å². The molecule has 5 heteroatoms. The fourth-order valence-electron chi connectivity index (χ4n) is 2.12. The van der Waals surface area contributed by atoms with Crippen LogP contribution in [0.15, 0.2) is 23.1 Å². The maximum absolute atomic E-state index is 11.8. The lowest BCUT2D eigenvalue weighted by Gasteiger charge is -2.17. The highest BCUT2D eigenvalue weighted by atomic mass is 32.2. The summed E-state index contributed by atoms with van der Waals surface area (Å²) < 4.78 is 23.6. The molecule has 0 radical (unpaired) electrons. The van der Waals surface area contributed by atoms with Gasteiger partial charge >= 0.3 is 0 Å². The summed E-state index contributed by atoms with van der Waals surface area (Å²) in [7, 11) is -3.09. The average molecular weight is 250 g/mol. The Morgan fingerprint density at radius 1 is 1.47 bits per heavy atom. The number of nitrogens with two attached hydrogens (primary N) is 1. The van der Waals surface area contributed by atoms with Crippen molar-refractivity contribution in [3.8, 4) is 6.07 Å². The van der Waals surface area contributed by atoms with E-state index in [0.717, 1.165) is 17.5 Å². The van der Waals surface area contributed by atoms with E-state index in [2.05, 4.69) is 0 Å². The zero-order chi connectivity index (χ0) is 12.5. The van der Waals surface area contributed by atoms with Gasteiger partial charge in [-0.3, -0.25) is 0 Å². The van der Waals surface area contributed by atoms with Gasteiger partial charge in [0.2, 0.25) is 0 Å². The quantitative estimate of drug-likeness (QED) is 0.841. The fourth-order valence-corrected chi connectivity index (χ4v) is 3.70. The standard InChI is InChI=1S/C12H14N2O2S/c13-8-11(14)7-9-3-4-12-10(6-9)2-1-5-17(12,15)16/h3-4,6,11H,1-2,5,7,14H2. The van der Waals surface area contributed by atoms with Crippen LogP contribution in [-0.2, 0) is 22.7 Å². The first kappa shape index (κ1) is 12.1. The number of hydrogen-bond acceptors (Lipinski definition) is 4. The van der Waals surface area contributed by atoms with Crippen molar-refractivity contribution < 1.29 is 8.42 Å². The number of hydrogen-bond donors (Lipinski definition) is 1. The molecule has 0 aliphatic carbocycles. The molecule has 1 heterocycles. The van der Waals surface area contributed by atoms with Crippen LogP contribution in [0.2, 0.25) is 0 Å². The van der Waals surface area contributed by atoms with Crippen LogP contribution in [-0.4, -0.2) is 20.2 Å². The number of fused-ring (bicyclic) bond motifs is 1. The zero-order valence-electron chi connectivity index (χ0n) is 9.39. The molecule has 4 nitrogen and oxygen atoms in total. The third-order valence-electron chi connectivity index (χ3n) is 2.94. The lowest BCUT2D eigenvalue weighted by atomic mass is 10.0. The molecule has 1 aromatic rings. The second-order valence-electron chi connectivity index (χ2n) is 4.30. The summed E-state index contributed by atoms with van der Waals surface area (Å²) in [5, 5.41) is 8.65. The lowest BCUT2D eigenvalue weighted by Crippen LogP contribution is -2.21. The fraction of sp³-hybridized carbons (Fsp3) is 0.417. The molecule has 2 N–H and O–H groups in total. The molecule has 1 aliphatic heterocycles. The van der Waals surface area contributed by atoms with Crippen LogP contribution < -0.4 is 5.73 Å². The third kappa shape index (κ3) is 2.48. The van der Waals surface area contributed by atoms with E-state index < -0.39 is 15.9 Å². The van der Waals surface area contributed by atoms with E-state index in [1.807, 2.05) is 12.1 Å². The maximum Gasteiger partial charge on any atom is 0.178 e. The molecule has 1 unspecified atom stereocenters. The second kappa shape index (κ2) is 4.47. The number of rotatable bonds is 2. The Hall–Kier alpha value is -1.38. The van der Waals surface area contributed by atoms with Gasteiger partial charge in [-0.1, -0.05) is 12.1 Å². The molecular weight excluding hydrogens is 236 g/mol. The molecule has 1 atom stereocenters. The minimum atomic E-state index is -3.09. The van der Waals surface area contributed by atoms with Crippen LogP contribution >= 0.6 is 0 Å². The molecule has 1 aromatic carbocycles. The van der Waals surface area contributed by atoms with Crippen molar-refractivity contribution in [2.75, 3.05) is 5.75 Å². The molecule has 90 valence electrons. The summed E-state index contributed by atoms with van der Waals surface area (Å²) in [6.45, 7) is 0. The number of benzene rings is 1. The van der Waals surface area contributed by atoms with Crippen molar-refractivity contribution in [3.05, 3.63) is 29.3 Å². The molecule has 0 aromatic heterocycles. The summed E-state index contributed by atoms with van der Waals surface area (Å²) in [5.74, 6) is 0.233. The van der Waals surface area contributed by atoms with Crippen molar-refractivity contribution in [3.63, 3.8) is 0 Å². The normalized spacial score (nSPS) is 19.1. The van der Waals surface area contributed by atoms with Crippen molar-refractivity contribution in [1.29, 1.82) is 5.26 Å². The number of sulfone groups is 1. The Kier molecular flexibility index (Phi) is 3.18. The highest BCUT2D eigenvalue weighted by Gasteiger charge is 2.23. The molecular formula is C12H14N2O2S. The Morgan fingerprint density at radius 2 is 2.24 bits per heavy atom. The molecule has 0 saturated carbocycles. The SMILES string of the molecule is N#CC(N)Cc1ccc2c(c1)CCCS2(=O)=O. The van der Waals surface area contributed by atoms with E-state index in [0.29, 0.717) is 17.7 Å². The summed E-state index contributed by atoms with van der Waals surface area (Å²) in [4.78, 5) is 0.443. The van der Waals surface area contributed by atoms with E-state index in [4.69, 9.17) is 11.0 Å². The topological polar surface area (TPSA) is 83.9 Å². The van der Waals surface area contributed by atoms with Crippen molar-refractivity contribution in [2.24, 2.45) is 5.73 Å². The minimum absolute atomic E-state index is 0.233. The Labute approximate surface area is 101 Å². The molecule has 2 rings (SSSR count). The Bertz CT molecular complexity index is 573. The first-order chi connectivity index (χ1) is 8.03. The zero-order valence-corrected chi connectivity index (χ0v) is 10.2. The van der Waals surface area contributed by atoms with Gasteiger partial charge in [0.25, 0.3) is 0 Å². The Morgan fingerprint density at radius 3 is 2.94 bits per heavy atom. The first-order valence-electron chi connectivity index (χ1n) is 5.53. The van der Waals surface area contributed by atoms with E-state index in [1.54, 1.807) is 12.1 Å². The molecule has 0 saturated heterocycles. The number of aryl methyl sites for hydroxylation is 1. The summed E-state index contributed by atoms with van der Waals surface area (Å²) in [6.07, 6.45) is 1.91. The number of nitriles is 1. The summed E-state index contributed by atoms with van der Waals surface area (Å²) >= 11 is 0. The van der Waals surface area contributed by atoms with E-state index in [9.17, 15) is 8.42 Å². The number of nitrogens with zero attached hydrogens (tertiary/aromatic N) is 1. The van der Waals surface area contributed by atoms with Gasteiger partial charge in [0.15, 0.2) is 9.84 Å². The van der Waals surface area contributed by atoms with Gasteiger partial charge in [0.05, 0.1) is 22.8 Å².